The Balaban J connectivity index is 1.23. The third kappa shape index (κ3) is 4.84. The minimum Gasteiger partial charge on any atom is -0.387 e. The van der Waals surface area contributed by atoms with Gasteiger partial charge in [0.15, 0.2) is 11.6 Å². The van der Waals surface area contributed by atoms with E-state index in [0.717, 1.165) is 6.42 Å². The van der Waals surface area contributed by atoms with E-state index in [-0.39, 0.29) is 40.0 Å². The Hall–Kier alpha value is -3.25. The zero-order valence-electron chi connectivity index (χ0n) is 23.0. The lowest BCUT2D eigenvalue weighted by atomic mass is 9.74. The van der Waals surface area contributed by atoms with Crippen molar-refractivity contribution in [2.75, 3.05) is 43.2 Å². The normalized spacial score (nSPS) is 25.5. The Labute approximate surface area is 241 Å². The molecule has 0 bridgehead atoms. The van der Waals surface area contributed by atoms with Crippen LogP contribution in [0.1, 0.15) is 48.8 Å². The fourth-order valence-electron chi connectivity index (χ4n) is 5.75. The van der Waals surface area contributed by atoms with Crippen molar-refractivity contribution in [1.29, 1.82) is 0 Å². The molecule has 9 nitrogen and oxygen atoms in total. The first-order chi connectivity index (χ1) is 19.4. The average Bonchev–Trinajstić information content (AvgIpc) is 3.43. The van der Waals surface area contributed by atoms with Gasteiger partial charge in [-0.05, 0) is 37.0 Å². The molecule has 1 amide bonds. The highest BCUT2D eigenvalue weighted by Crippen LogP contribution is 2.55. The summed E-state index contributed by atoms with van der Waals surface area (Å²) in [7, 11) is 0. The van der Waals surface area contributed by atoms with Gasteiger partial charge >= 0.3 is 0 Å². The maximum absolute atomic E-state index is 15.5. The molecule has 2 fully saturated rings. The van der Waals surface area contributed by atoms with Gasteiger partial charge in [-0.3, -0.25) is 14.6 Å². The average molecular weight is 585 g/mol. The summed E-state index contributed by atoms with van der Waals surface area (Å²) in [6, 6.07) is 7.34. The maximum Gasteiger partial charge on any atom is 0.263 e. The number of carbonyl (C=O) groups excluding carboxylic acids is 1. The number of anilines is 2. The number of hydrogen-bond acceptors (Lipinski definition) is 8. The second kappa shape index (κ2) is 9.94. The molecule has 3 aliphatic rings. The number of rotatable bonds is 8. The van der Waals surface area contributed by atoms with Crippen molar-refractivity contribution in [1.82, 2.24) is 19.9 Å². The summed E-state index contributed by atoms with van der Waals surface area (Å²) in [5, 5.41) is 13.6. The van der Waals surface area contributed by atoms with E-state index in [9.17, 15) is 14.3 Å². The minimum absolute atomic E-state index is 0.0321. The van der Waals surface area contributed by atoms with Crippen LogP contribution >= 0.6 is 11.6 Å². The number of fused-ring (bicyclic) bond motifs is 1. The molecule has 1 saturated carbocycles. The van der Waals surface area contributed by atoms with Crippen molar-refractivity contribution < 1.29 is 23.4 Å². The van der Waals surface area contributed by atoms with Crippen molar-refractivity contribution in [2.24, 2.45) is 5.41 Å². The molecule has 41 heavy (non-hydrogen) atoms. The third-order valence-corrected chi connectivity index (χ3v) is 8.87. The predicted octanol–water partition coefficient (Wildman–Crippen LogP) is 4.00. The fourth-order valence-corrected chi connectivity index (χ4v) is 5.93. The summed E-state index contributed by atoms with van der Waals surface area (Å²) in [4.78, 5) is 30.0. The van der Waals surface area contributed by atoms with Crippen LogP contribution in [0.4, 0.5) is 20.5 Å². The van der Waals surface area contributed by atoms with Gasteiger partial charge in [0, 0.05) is 37.6 Å². The first-order valence-corrected chi connectivity index (χ1v) is 13.8. The van der Waals surface area contributed by atoms with Gasteiger partial charge in [-0.15, -0.1) is 0 Å². The van der Waals surface area contributed by atoms with Crippen LogP contribution in [0.25, 0.3) is 0 Å². The number of pyridine rings is 1. The molecule has 2 aliphatic heterocycles. The van der Waals surface area contributed by atoms with Crippen molar-refractivity contribution in [3.05, 3.63) is 76.2 Å². The molecule has 2 N–H and O–H groups in total. The van der Waals surface area contributed by atoms with E-state index in [1.807, 2.05) is 13.8 Å². The molecule has 1 aliphatic carbocycles. The number of nitrogens with zero attached hydrogens (tertiary/aromatic N) is 5. The Morgan fingerprint density at radius 3 is 2.63 bits per heavy atom. The molecule has 216 valence electrons. The Kier molecular flexibility index (Phi) is 6.76. The highest BCUT2D eigenvalue weighted by molar-refractivity contribution is 6.30. The molecule has 12 heteroatoms. The van der Waals surface area contributed by atoms with Crippen LogP contribution < -0.4 is 10.2 Å². The van der Waals surface area contributed by atoms with Gasteiger partial charge in [0.1, 0.15) is 5.82 Å². The van der Waals surface area contributed by atoms with Crippen molar-refractivity contribution in [3.63, 3.8) is 0 Å². The Bertz CT molecular complexity index is 1520. The molecular weight excluding hydrogens is 554 g/mol. The van der Waals surface area contributed by atoms with Crippen LogP contribution in [-0.4, -0.2) is 75.5 Å². The first-order valence-electron chi connectivity index (χ1n) is 13.5. The second-order valence-electron chi connectivity index (χ2n) is 12.0. The molecule has 1 aromatic carbocycles. The molecule has 4 heterocycles. The molecule has 1 unspecified atom stereocenters. The number of likely N-dealkylation sites (tertiary alicyclic amines) is 1. The van der Waals surface area contributed by atoms with E-state index in [1.165, 1.54) is 35.5 Å². The van der Waals surface area contributed by atoms with E-state index in [0.29, 0.717) is 38.1 Å². The van der Waals surface area contributed by atoms with Gasteiger partial charge in [-0.2, -0.15) is 0 Å². The number of amides is 1. The number of carbonyl (C=O) groups is 1. The van der Waals surface area contributed by atoms with Crippen LogP contribution in [0.5, 0.6) is 0 Å². The zero-order chi connectivity index (χ0) is 29.2. The Morgan fingerprint density at radius 2 is 1.93 bits per heavy atom. The molecule has 6 rings (SSSR count). The highest BCUT2D eigenvalue weighted by Gasteiger charge is 2.60. The van der Waals surface area contributed by atoms with Crippen molar-refractivity contribution in [3.8, 4) is 0 Å². The van der Waals surface area contributed by atoms with E-state index in [1.54, 1.807) is 19.1 Å². The van der Waals surface area contributed by atoms with Crippen molar-refractivity contribution >= 4 is 29.3 Å². The van der Waals surface area contributed by atoms with Crippen LogP contribution in [0.3, 0.4) is 0 Å². The van der Waals surface area contributed by atoms with Gasteiger partial charge in [0.25, 0.3) is 5.91 Å². The standard InChI is InChI=1S/C29H31ClF2N6O3/c1-27(2)13-29(27,40)15-41-16-37-11-17(12-37)35-26-34-10-18-23(36-26)28(3,19-6-4-7-20(30)22(19)32)14-38(25(18)39)24-21(31)8-5-9-33-24/h4-10,17,40H,11-16H2,1-3H3,(H,34,35,36)/t28?,29-/m0/s1. The number of hydrogen-bond donors (Lipinski definition) is 2. The van der Waals surface area contributed by atoms with E-state index in [2.05, 4.69) is 20.2 Å². The summed E-state index contributed by atoms with van der Waals surface area (Å²) >= 11 is 6.15. The lowest BCUT2D eigenvalue weighted by Crippen LogP contribution is -2.55. The quantitative estimate of drug-likeness (QED) is 0.410. The number of benzene rings is 1. The van der Waals surface area contributed by atoms with Crippen LogP contribution in [0.15, 0.2) is 42.7 Å². The summed E-state index contributed by atoms with van der Waals surface area (Å²) in [5.74, 6) is -1.71. The van der Waals surface area contributed by atoms with Gasteiger partial charge in [0.05, 0.1) is 46.7 Å². The minimum atomic E-state index is -1.20. The summed E-state index contributed by atoms with van der Waals surface area (Å²) in [6.07, 6.45) is 3.51. The molecule has 0 radical (unpaired) electrons. The summed E-state index contributed by atoms with van der Waals surface area (Å²) in [5.41, 5.74) is -1.40. The van der Waals surface area contributed by atoms with E-state index >= 15 is 4.39 Å². The summed E-state index contributed by atoms with van der Waals surface area (Å²) < 4.78 is 35.9. The monoisotopic (exact) mass is 584 g/mol. The lowest BCUT2D eigenvalue weighted by molar-refractivity contribution is -0.0592. The highest BCUT2D eigenvalue weighted by atomic mass is 35.5. The first kappa shape index (κ1) is 27.9. The molecule has 3 aromatic rings. The molecule has 1 saturated heterocycles. The van der Waals surface area contributed by atoms with Crippen molar-refractivity contribution in [2.45, 2.75) is 44.2 Å². The van der Waals surface area contributed by atoms with E-state index in [4.69, 9.17) is 21.3 Å². The largest absolute Gasteiger partial charge is 0.387 e. The van der Waals surface area contributed by atoms with E-state index < -0.39 is 28.6 Å². The van der Waals surface area contributed by atoms with Gasteiger partial charge < -0.3 is 15.2 Å². The smallest absolute Gasteiger partial charge is 0.263 e. The lowest BCUT2D eigenvalue weighted by Gasteiger charge is -2.41. The zero-order valence-corrected chi connectivity index (χ0v) is 23.8. The van der Waals surface area contributed by atoms with Crippen LogP contribution in [0, 0.1) is 17.0 Å². The second-order valence-corrected chi connectivity index (χ2v) is 12.4. The SMILES string of the molecule is CC1(c2cccc(Cl)c2F)CN(c2ncccc2F)C(=O)c2cnc(NC3CN(COC[C@@]4(O)CC4(C)C)C3)nc21. The maximum atomic E-state index is 15.5. The number of aliphatic hydroxyl groups is 1. The van der Waals surface area contributed by atoms with Gasteiger partial charge in [-0.1, -0.05) is 37.6 Å². The van der Waals surface area contributed by atoms with Gasteiger partial charge in [-0.25, -0.2) is 23.7 Å². The third-order valence-electron chi connectivity index (χ3n) is 8.58. The number of ether oxygens (including phenoxy) is 1. The fraction of sp³-hybridized carbons (Fsp3) is 0.448. The molecular formula is C29H31ClF2N6O3. The number of halogens is 3. The Morgan fingerprint density at radius 1 is 1.17 bits per heavy atom. The molecule has 2 atom stereocenters. The van der Waals surface area contributed by atoms with Crippen LogP contribution in [-0.2, 0) is 10.2 Å². The summed E-state index contributed by atoms with van der Waals surface area (Å²) in [6.45, 7) is 7.73. The molecule has 0 spiro atoms. The number of nitrogens with one attached hydrogen (secondary N) is 1. The topological polar surface area (TPSA) is 104 Å². The molecule has 2 aromatic heterocycles. The number of aromatic nitrogens is 3. The van der Waals surface area contributed by atoms with Gasteiger partial charge in [0.2, 0.25) is 5.95 Å². The predicted molar refractivity (Wildman–Crippen MR) is 149 cm³/mol. The van der Waals surface area contributed by atoms with Crippen LogP contribution in [0.2, 0.25) is 5.02 Å².